The minimum Gasteiger partial charge on any atom is -0.362 e. The van der Waals surface area contributed by atoms with Gasteiger partial charge in [0.25, 0.3) is 0 Å². The van der Waals surface area contributed by atoms with E-state index < -0.39 is 0 Å². The molecule has 0 aromatic carbocycles. The Morgan fingerprint density at radius 2 is 2.23 bits per heavy atom. The Morgan fingerprint density at radius 3 is 2.92 bits per heavy atom. The number of fused-ring (bicyclic) bond motifs is 1. The van der Waals surface area contributed by atoms with Crippen LogP contribution >= 0.6 is 0 Å². The summed E-state index contributed by atoms with van der Waals surface area (Å²) in [6.45, 7) is 0. The number of nitrogens with zero attached hydrogens (tertiary/aromatic N) is 3. The second-order valence-corrected chi connectivity index (χ2v) is 2.89. The second kappa shape index (κ2) is 2.58. The van der Waals surface area contributed by atoms with Crippen LogP contribution in [0.4, 0.5) is 5.82 Å². The van der Waals surface area contributed by atoms with Crippen LogP contribution in [0.2, 0.25) is 0 Å². The van der Waals surface area contributed by atoms with Crippen LogP contribution in [0.25, 0.3) is 11.2 Å². The molecule has 13 heavy (non-hydrogen) atoms. The van der Waals surface area contributed by atoms with Crippen molar-refractivity contribution in [3.63, 3.8) is 0 Å². The first-order valence-corrected chi connectivity index (χ1v) is 3.79. The fraction of sp³-hybridized carbons (Fsp3) is 0.286. The summed E-state index contributed by atoms with van der Waals surface area (Å²) >= 11 is 0. The number of rotatable bonds is 1. The lowest BCUT2D eigenvalue weighted by Gasteiger charge is -2.11. The molecule has 2 N–H and O–H groups in total. The molecule has 0 aliphatic rings. The summed E-state index contributed by atoms with van der Waals surface area (Å²) in [7, 11) is 3.68. The average molecular weight is 179 g/mol. The van der Waals surface area contributed by atoms with E-state index in [-0.39, 0.29) is 5.69 Å². The smallest absolute Gasteiger partial charge is 0.348 e. The third-order valence-corrected chi connectivity index (χ3v) is 1.74. The third kappa shape index (κ3) is 1.16. The molecule has 0 saturated carbocycles. The molecule has 2 heterocycles. The van der Waals surface area contributed by atoms with E-state index in [1.54, 1.807) is 4.90 Å². The highest BCUT2D eigenvalue weighted by Gasteiger charge is 2.07. The van der Waals surface area contributed by atoms with Gasteiger partial charge in [0, 0.05) is 14.1 Å². The first-order valence-electron chi connectivity index (χ1n) is 3.79. The lowest BCUT2D eigenvalue weighted by Crippen LogP contribution is -2.18. The number of anilines is 1. The summed E-state index contributed by atoms with van der Waals surface area (Å²) < 4.78 is 0. The van der Waals surface area contributed by atoms with E-state index in [4.69, 9.17) is 0 Å². The minimum absolute atomic E-state index is 0.386. The summed E-state index contributed by atoms with van der Waals surface area (Å²) in [6.07, 6.45) is 1.51. The van der Waals surface area contributed by atoms with Crippen molar-refractivity contribution in [1.29, 1.82) is 0 Å². The summed E-state index contributed by atoms with van der Waals surface area (Å²) in [5.41, 5.74) is 0.792. The number of imidazole rings is 1. The molecule has 2 aromatic heterocycles. The molecule has 0 bridgehead atoms. The predicted octanol–water partition coefficient (Wildman–Crippen LogP) is -0.288. The van der Waals surface area contributed by atoms with Crippen molar-refractivity contribution in [2.24, 2.45) is 0 Å². The van der Waals surface area contributed by atoms with Gasteiger partial charge >= 0.3 is 5.69 Å². The molecule has 0 saturated heterocycles. The zero-order valence-corrected chi connectivity index (χ0v) is 7.33. The highest BCUT2D eigenvalue weighted by molar-refractivity contribution is 5.82. The summed E-state index contributed by atoms with van der Waals surface area (Å²) in [5.74, 6) is 0.688. The Morgan fingerprint density at radius 1 is 1.46 bits per heavy atom. The zero-order chi connectivity index (χ0) is 9.42. The van der Waals surface area contributed by atoms with Gasteiger partial charge in [0.05, 0.1) is 6.33 Å². The number of aromatic amines is 2. The molecule has 6 heteroatoms. The van der Waals surface area contributed by atoms with Gasteiger partial charge in [-0.05, 0) is 0 Å². The highest BCUT2D eigenvalue weighted by atomic mass is 16.1. The number of nitrogens with one attached hydrogen (secondary N) is 2. The van der Waals surface area contributed by atoms with Gasteiger partial charge in [-0.15, -0.1) is 0 Å². The molecule has 2 aromatic rings. The fourth-order valence-corrected chi connectivity index (χ4v) is 1.17. The first-order chi connectivity index (χ1) is 6.18. The van der Waals surface area contributed by atoms with Crippen molar-refractivity contribution in [1.82, 2.24) is 19.9 Å². The van der Waals surface area contributed by atoms with Gasteiger partial charge in [-0.3, -0.25) is 4.98 Å². The van der Waals surface area contributed by atoms with Crippen LogP contribution in [-0.2, 0) is 0 Å². The monoisotopic (exact) mass is 179 g/mol. The van der Waals surface area contributed by atoms with Gasteiger partial charge in [0.1, 0.15) is 11.3 Å². The third-order valence-electron chi connectivity index (χ3n) is 1.74. The Labute approximate surface area is 73.6 Å². The molecule has 0 aliphatic carbocycles. The number of aromatic nitrogens is 4. The summed E-state index contributed by atoms with van der Waals surface area (Å²) in [4.78, 5) is 26.0. The maximum absolute atomic E-state index is 11.1. The Hall–Kier alpha value is -1.85. The van der Waals surface area contributed by atoms with Crippen LogP contribution in [-0.4, -0.2) is 34.0 Å². The van der Waals surface area contributed by atoms with E-state index in [2.05, 4.69) is 19.9 Å². The van der Waals surface area contributed by atoms with Crippen LogP contribution in [0.15, 0.2) is 11.1 Å². The standard InChI is InChI=1S/C7H9N5O/c1-12(2)6-4-5(9-3-8-4)10-7(13)11-6/h3H,1-2H3,(H2,8,9,10,11,13). The van der Waals surface area contributed by atoms with E-state index >= 15 is 0 Å². The molecule has 0 amide bonds. The molecule has 0 atom stereocenters. The van der Waals surface area contributed by atoms with Gasteiger partial charge < -0.3 is 9.88 Å². The van der Waals surface area contributed by atoms with Crippen molar-refractivity contribution in [3.8, 4) is 0 Å². The fourth-order valence-electron chi connectivity index (χ4n) is 1.17. The maximum atomic E-state index is 11.1. The molecule has 0 radical (unpaired) electrons. The molecule has 0 aliphatic heterocycles. The van der Waals surface area contributed by atoms with Crippen LogP contribution in [0.1, 0.15) is 0 Å². The van der Waals surface area contributed by atoms with Gasteiger partial charge in [-0.1, -0.05) is 0 Å². The first kappa shape index (κ1) is 7.78. The topological polar surface area (TPSA) is 77.7 Å². The van der Waals surface area contributed by atoms with Gasteiger partial charge in [0.15, 0.2) is 5.65 Å². The van der Waals surface area contributed by atoms with Crippen molar-refractivity contribution in [2.45, 2.75) is 0 Å². The SMILES string of the molecule is CN(C)c1[nH]c(=O)nc2nc[nH]c12. The molecule has 0 fully saturated rings. The van der Waals surface area contributed by atoms with Gasteiger partial charge in [0.2, 0.25) is 0 Å². The number of hydrogen-bond acceptors (Lipinski definition) is 4. The van der Waals surface area contributed by atoms with E-state index in [1.165, 1.54) is 6.33 Å². The molecule has 6 nitrogen and oxygen atoms in total. The Bertz CT molecular complexity index is 483. The van der Waals surface area contributed by atoms with E-state index in [9.17, 15) is 4.79 Å². The number of H-pyrrole nitrogens is 2. The van der Waals surface area contributed by atoms with Crippen molar-refractivity contribution in [2.75, 3.05) is 19.0 Å². The molecular weight excluding hydrogens is 170 g/mol. The highest BCUT2D eigenvalue weighted by Crippen LogP contribution is 2.14. The second-order valence-electron chi connectivity index (χ2n) is 2.89. The lowest BCUT2D eigenvalue weighted by atomic mass is 10.5. The van der Waals surface area contributed by atoms with Gasteiger partial charge in [-0.25, -0.2) is 9.78 Å². The molecule has 2 rings (SSSR count). The summed E-state index contributed by atoms with van der Waals surface area (Å²) in [5, 5.41) is 0. The Kier molecular flexibility index (Phi) is 1.54. The van der Waals surface area contributed by atoms with Crippen molar-refractivity contribution < 1.29 is 0 Å². The molecule has 68 valence electrons. The number of hydrogen-bond donors (Lipinski definition) is 2. The zero-order valence-electron chi connectivity index (χ0n) is 7.33. The van der Waals surface area contributed by atoms with Crippen LogP contribution in [0.5, 0.6) is 0 Å². The van der Waals surface area contributed by atoms with Crippen LogP contribution in [0.3, 0.4) is 0 Å². The molecular formula is C7H9N5O. The minimum atomic E-state index is -0.386. The summed E-state index contributed by atoms with van der Waals surface area (Å²) in [6, 6.07) is 0. The Balaban J connectivity index is 2.85. The lowest BCUT2D eigenvalue weighted by molar-refractivity contribution is 1.02. The quantitative estimate of drug-likeness (QED) is 0.630. The van der Waals surface area contributed by atoms with Crippen molar-refractivity contribution >= 4 is 17.0 Å². The molecule has 0 unspecified atom stereocenters. The van der Waals surface area contributed by atoms with Gasteiger partial charge in [-0.2, -0.15) is 4.98 Å². The van der Waals surface area contributed by atoms with E-state index in [0.29, 0.717) is 11.5 Å². The molecule has 0 spiro atoms. The van der Waals surface area contributed by atoms with Crippen molar-refractivity contribution in [3.05, 3.63) is 16.8 Å². The van der Waals surface area contributed by atoms with E-state index in [1.807, 2.05) is 14.1 Å². The van der Waals surface area contributed by atoms with Crippen LogP contribution < -0.4 is 10.6 Å². The van der Waals surface area contributed by atoms with Crippen LogP contribution in [0, 0.1) is 0 Å². The normalized spacial score (nSPS) is 10.6. The van der Waals surface area contributed by atoms with E-state index in [0.717, 1.165) is 5.52 Å². The maximum Gasteiger partial charge on any atom is 0.348 e. The average Bonchev–Trinajstić information content (AvgIpc) is 2.49. The predicted molar refractivity (Wildman–Crippen MR) is 48.8 cm³/mol. The largest absolute Gasteiger partial charge is 0.362 e.